The molecule has 0 heterocycles. The molecule has 0 atom stereocenters. The minimum atomic E-state index is -0.365. The van der Waals surface area contributed by atoms with Gasteiger partial charge in [0, 0.05) is 16.1 Å². The molecule has 0 bridgehead atoms. The normalized spacial score (nSPS) is 10.3. The Labute approximate surface area is 166 Å². The van der Waals surface area contributed by atoms with Gasteiger partial charge in [0.2, 0.25) is 0 Å². The Morgan fingerprint density at radius 3 is 2.25 bits per heavy atom. The summed E-state index contributed by atoms with van der Waals surface area (Å²) in [5.41, 5.74) is 1.13. The van der Waals surface area contributed by atoms with Gasteiger partial charge in [0.1, 0.15) is 11.6 Å². The lowest BCUT2D eigenvalue weighted by Crippen LogP contribution is -2.20. The van der Waals surface area contributed by atoms with E-state index in [2.05, 4.69) is 5.32 Å². The maximum Gasteiger partial charge on any atom is 0.262 e. The fourth-order valence-electron chi connectivity index (χ4n) is 2.37. The Balaban J connectivity index is 1.45. The number of halogens is 1. The molecule has 0 aromatic heterocycles. The maximum absolute atomic E-state index is 12.9. The van der Waals surface area contributed by atoms with Crippen LogP contribution in [0.2, 0.25) is 0 Å². The molecule has 1 N–H and O–H groups in total. The van der Waals surface area contributed by atoms with Gasteiger partial charge in [0.15, 0.2) is 12.4 Å². The number of Topliss-reactive ketones (excluding diaryl/α,β-unsaturated/α-hetero) is 1. The standard InChI is InChI=1S/C22H18FNO3S/c23-17-8-6-16(7-9-17)21(25)15-28-20-12-10-18(11-13-20)24-22(26)14-27-19-4-2-1-3-5-19/h1-13H,14-15H2,(H,24,26). The largest absolute Gasteiger partial charge is 0.484 e. The molecule has 0 radical (unpaired) electrons. The monoisotopic (exact) mass is 395 g/mol. The van der Waals surface area contributed by atoms with Crippen molar-refractivity contribution in [3.8, 4) is 5.75 Å². The van der Waals surface area contributed by atoms with E-state index >= 15 is 0 Å². The zero-order chi connectivity index (χ0) is 19.8. The minimum absolute atomic E-state index is 0.0690. The van der Waals surface area contributed by atoms with E-state index in [0.717, 1.165) is 4.90 Å². The summed E-state index contributed by atoms with van der Waals surface area (Å²) in [6.07, 6.45) is 0. The van der Waals surface area contributed by atoms with Crippen LogP contribution in [0.1, 0.15) is 10.4 Å². The van der Waals surface area contributed by atoms with E-state index in [4.69, 9.17) is 4.74 Å². The molecule has 0 aliphatic carbocycles. The van der Waals surface area contributed by atoms with Crippen molar-refractivity contribution in [2.45, 2.75) is 4.90 Å². The summed E-state index contributed by atoms with van der Waals surface area (Å²) in [6, 6.07) is 21.8. The van der Waals surface area contributed by atoms with Gasteiger partial charge in [0.25, 0.3) is 5.91 Å². The Bertz CT molecular complexity index is 928. The number of hydrogen-bond acceptors (Lipinski definition) is 4. The highest BCUT2D eigenvalue weighted by molar-refractivity contribution is 8.00. The topological polar surface area (TPSA) is 55.4 Å². The first-order valence-corrected chi connectivity index (χ1v) is 9.58. The van der Waals surface area contributed by atoms with E-state index in [1.54, 1.807) is 24.3 Å². The summed E-state index contributed by atoms with van der Waals surface area (Å²) < 4.78 is 18.3. The van der Waals surface area contributed by atoms with E-state index < -0.39 is 0 Å². The molecule has 3 aromatic carbocycles. The fraction of sp³-hybridized carbons (Fsp3) is 0.0909. The molecule has 0 saturated carbocycles. The molecule has 28 heavy (non-hydrogen) atoms. The van der Waals surface area contributed by atoms with Crippen LogP contribution >= 0.6 is 11.8 Å². The summed E-state index contributed by atoms with van der Waals surface area (Å²) in [5, 5.41) is 2.76. The van der Waals surface area contributed by atoms with Crippen LogP contribution in [0.25, 0.3) is 0 Å². The van der Waals surface area contributed by atoms with Crippen LogP contribution in [0.3, 0.4) is 0 Å². The molecule has 0 spiro atoms. The molecule has 0 aliphatic rings. The molecule has 4 nitrogen and oxygen atoms in total. The Kier molecular flexibility index (Phi) is 6.81. The van der Waals surface area contributed by atoms with E-state index in [1.807, 2.05) is 30.3 Å². The van der Waals surface area contributed by atoms with Crippen molar-refractivity contribution in [2.24, 2.45) is 0 Å². The van der Waals surface area contributed by atoms with Crippen molar-refractivity contribution >= 4 is 29.1 Å². The van der Waals surface area contributed by atoms with E-state index in [-0.39, 0.29) is 29.9 Å². The number of carbonyl (C=O) groups excluding carboxylic acids is 2. The van der Waals surface area contributed by atoms with E-state index in [0.29, 0.717) is 17.0 Å². The molecule has 3 rings (SSSR count). The highest BCUT2D eigenvalue weighted by Crippen LogP contribution is 2.21. The third-order valence-electron chi connectivity index (χ3n) is 3.79. The van der Waals surface area contributed by atoms with Crippen molar-refractivity contribution in [1.82, 2.24) is 0 Å². The number of carbonyl (C=O) groups is 2. The number of para-hydroxylation sites is 1. The summed E-state index contributed by atoms with van der Waals surface area (Å²) in [6.45, 7) is -0.0767. The SMILES string of the molecule is O=C(COc1ccccc1)Nc1ccc(SCC(=O)c2ccc(F)cc2)cc1. The summed E-state index contributed by atoms with van der Waals surface area (Å²) in [4.78, 5) is 25.0. The Hall–Kier alpha value is -3.12. The first kappa shape index (κ1) is 19.6. The second-order valence-electron chi connectivity index (χ2n) is 5.89. The van der Waals surface area contributed by atoms with Crippen molar-refractivity contribution in [1.29, 1.82) is 0 Å². The van der Waals surface area contributed by atoms with Gasteiger partial charge in [-0.15, -0.1) is 11.8 Å². The van der Waals surface area contributed by atoms with Gasteiger partial charge >= 0.3 is 0 Å². The van der Waals surface area contributed by atoms with Crippen LogP contribution in [0.4, 0.5) is 10.1 Å². The van der Waals surface area contributed by atoms with E-state index in [9.17, 15) is 14.0 Å². The predicted octanol–water partition coefficient (Wildman–Crippen LogP) is 4.82. The number of amides is 1. The van der Waals surface area contributed by atoms with Crippen molar-refractivity contribution < 1.29 is 18.7 Å². The molecule has 1 amide bonds. The third kappa shape index (κ3) is 5.96. The Morgan fingerprint density at radius 1 is 0.893 bits per heavy atom. The lowest BCUT2D eigenvalue weighted by atomic mass is 10.1. The summed E-state index contributed by atoms with van der Waals surface area (Å²) in [7, 11) is 0. The molecular weight excluding hydrogens is 377 g/mol. The molecule has 0 saturated heterocycles. The lowest BCUT2D eigenvalue weighted by molar-refractivity contribution is -0.118. The van der Waals surface area contributed by atoms with Gasteiger partial charge in [-0.3, -0.25) is 9.59 Å². The predicted molar refractivity (Wildman–Crippen MR) is 108 cm³/mol. The van der Waals surface area contributed by atoms with Crippen molar-refractivity contribution in [2.75, 3.05) is 17.7 Å². The molecule has 0 aliphatic heterocycles. The number of thioether (sulfide) groups is 1. The average Bonchev–Trinajstić information content (AvgIpc) is 2.73. The van der Waals surface area contributed by atoms with Crippen LogP contribution in [0, 0.1) is 5.82 Å². The molecule has 142 valence electrons. The highest BCUT2D eigenvalue weighted by atomic mass is 32.2. The van der Waals surface area contributed by atoms with E-state index in [1.165, 1.54) is 36.0 Å². The van der Waals surface area contributed by atoms with Gasteiger partial charge in [-0.2, -0.15) is 0 Å². The third-order valence-corrected chi connectivity index (χ3v) is 4.80. The summed E-state index contributed by atoms with van der Waals surface area (Å²) in [5.74, 6) is 0.199. The second-order valence-corrected chi connectivity index (χ2v) is 6.94. The smallest absolute Gasteiger partial charge is 0.262 e. The number of anilines is 1. The number of ketones is 1. The zero-order valence-electron chi connectivity index (χ0n) is 14.9. The van der Waals surface area contributed by atoms with Gasteiger partial charge < -0.3 is 10.1 Å². The van der Waals surface area contributed by atoms with Gasteiger partial charge in [-0.1, -0.05) is 18.2 Å². The first-order valence-electron chi connectivity index (χ1n) is 8.59. The zero-order valence-corrected chi connectivity index (χ0v) is 15.7. The number of hydrogen-bond donors (Lipinski definition) is 1. The van der Waals surface area contributed by atoms with Crippen LogP contribution in [0.5, 0.6) is 5.75 Å². The van der Waals surface area contributed by atoms with Gasteiger partial charge in [-0.05, 0) is 60.7 Å². The number of nitrogens with one attached hydrogen (secondary N) is 1. The number of ether oxygens (including phenoxy) is 1. The van der Waals surface area contributed by atoms with Crippen LogP contribution in [0.15, 0.2) is 83.8 Å². The quantitative estimate of drug-likeness (QED) is 0.439. The summed E-state index contributed by atoms with van der Waals surface area (Å²) >= 11 is 1.38. The van der Waals surface area contributed by atoms with Crippen LogP contribution < -0.4 is 10.1 Å². The number of benzene rings is 3. The van der Waals surface area contributed by atoms with Crippen molar-refractivity contribution in [3.05, 3.63) is 90.2 Å². The lowest BCUT2D eigenvalue weighted by Gasteiger charge is -2.08. The molecule has 3 aromatic rings. The average molecular weight is 395 g/mol. The maximum atomic E-state index is 12.9. The first-order chi connectivity index (χ1) is 13.6. The van der Waals surface area contributed by atoms with Gasteiger partial charge in [-0.25, -0.2) is 4.39 Å². The molecular formula is C22H18FNO3S. The van der Waals surface area contributed by atoms with Crippen LogP contribution in [-0.4, -0.2) is 24.1 Å². The molecule has 0 fully saturated rings. The molecule has 6 heteroatoms. The van der Waals surface area contributed by atoms with Crippen molar-refractivity contribution in [3.63, 3.8) is 0 Å². The Morgan fingerprint density at radius 2 is 1.57 bits per heavy atom. The fourth-order valence-corrected chi connectivity index (χ4v) is 3.16. The highest BCUT2D eigenvalue weighted by Gasteiger charge is 2.08. The van der Waals surface area contributed by atoms with Crippen LogP contribution in [-0.2, 0) is 4.79 Å². The molecule has 0 unspecified atom stereocenters. The second kappa shape index (κ2) is 9.71. The minimum Gasteiger partial charge on any atom is -0.484 e. The number of rotatable bonds is 8. The van der Waals surface area contributed by atoms with Gasteiger partial charge in [0.05, 0.1) is 5.75 Å².